The highest BCUT2D eigenvalue weighted by atomic mass is 16.2. The lowest BCUT2D eigenvalue weighted by Crippen LogP contribution is -2.42. The van der Waals surface area contributed by atoms with E-state index in [9.17, 15) is 9.59 Å². The van der Waals surface area contributed by atoms with Crippen LogP contribution in [0.1, 0.15) is 37.1 Å². The molecular weight excluding hydrogens is 268 g/mol. The summed E-state index contributed by atoms with van der Waals surface area (Å²) < 4.78 is 0. The maximum absolute atomic E-state index is 12.3. The summed E-state index contributed by atoms with van der Waals surface area (Å²) in [5.74, 6) is 0.588. The van der Waals surface area contributed by atoms with E-state index >= 15 is 0 Å². The zero-order chi connectivity index (χ0) is 15.0. The van der Waals surface area contributed by atoms with Gasteiger partial charge in [0, 0.05) is 24.9 Å². The van der Waals surface area contributed by atoms with E-state index in [2.05, 4.69) is 15.5 Å². The Kier molecular flexibility index (Phi) is 3.69. The molecule has 1 aliphatic carbocycles. The van der Waals surface area contributed by atoms with Crippen LogP contribution in [-0.4, -0.2) is 40.0 Å². The van der Waals surface area contributed by atoms with Crippen molar-refractivity contribution < 1.29 is 9.59 Å². The summed E-state index contributed by atoms with van der Waals surface area (Å²) in [6.07, 6.45) is 3.58. The molecule has 2 fully saturated rings. The predicted molar refractivity (Wildman–Crippen MR) is 78.7 cm³/mol. The summed E-state index contributed by atoms with van der Waals surface area (Å²) >= 11 is 0. The summed E-state index contributed by atoms with van der Waals surface area (Å²) in [6, 6.07) is 0. The molecular formula is C15H22N4O2. The number of rotatable bonds is 3. The quantitative estimate of drug-likeness (QED) is 0.888. The first-order chi connectivity index (χ1) is 10.1. The van der Waals surface area contributed by atoms with Gasteiger partial charge in [0.1, 0.15) is 0 Å². The lowest BCUT2D eigenvalue weighted by molar-refractivity contribution is -0.135. The normalized spacial score (nSPS) is 19.6. The van der Waals surface area contributed by atoms with Gasteiger partial charge in [0.2, 0.25) is 11.8 Å². The average Bonchev–Trinajstić information content (AvgIpc) is 3.29. The number of nitrogens with one attached hydrogen (secondary N) is 2. The predicted octanol–water partition coefficient (Wildman–Crippen LogP) is 1.61. The third-order valence-corrected chi connectivity index (χ3v) is 4.48. The van der Waals surface area contributed by atoms with Gasteiger partial charge < -0.3 is 10.2 Å². The highest BCUT2D eigenvalue weighted by Crippen LogP contribution is 2.32. The number of H-pyrrole nitrogens is 1. The first-order valence-corrected chi connectivity index (χ1v) is 7.67. The Morgan fingerprint density at radius 1 is 1.14 bits per heavy atom. The molecule has 6 heteroatoms. The van der Waals surface area contributed by atoms with Gasteiger partial charge in [0.05, 0.1) is 17.1 Å². The van der Waals surface area contributed by atoms with Crippen molar-refractivity contribution in [1.29, 1.82) is 0 Å². The Labute approximate surface area is 124 Å². The van der Waals surface area contributed by atoms with Crippen molar-refractivity contribution in [3.8, 4) is 0 Å². The van der Waals surface area contributed by atoms with Crippen LogP contribution in [0.5, 0.6) is 0 Å². The molecule has 3 rings (SSSR count). The Morgan fingerprint density at radius 3 is 2.33 bits per heavy atom. The van der Waals surface area contributed by atoms with E-state index < -0.39 is 0 Å². The number of nitrogens with zero attached hydrogens (tertiary/aromatic N) is 2. The van der Waals surface area contributed by atoms with E-state index in [0.717, 1.165) is 42.8 Å². The SMILES string of the molecule is Cc1n[nH]c(C)c1NC(=O)C1CCN(C(=O)C2CC2)CC1. The van der Waals surface area contributed by atoms with Crippen molar-refractivity contribution >= 4 is 17.5 Å². The third-order valence-electron chi connectivity index (χ3n) is 4.48. The monoisotopic (exact) mass is 290 g/mol. The minimum absolute atomic E-state index is 0.0121. The second kappa shape index (κ2) is 5.50. The molecule has 2 aliphatic rings. The van der Waals surface area contributed by atoms with Gasteiger partial charge in [-0.25, -0.2) is 0 Å². The van der Waals surface area contributed by atoms with Gasteiger partial charge in [-0.15, -0.1) is 0 Å². The van der Waals surface area contributed by atoms with E-state index in [-0.39, 0.29) is 23.7 Å². The Hall–Kier alpha value is -1.85. The van der Waals surface area contributed by atoms with Crippen LogP contribution < -0.4 is 5.32 Å². The summed E-state index contributed by atoms with van der Waals surface area (Å²) in [6.45, 7) is 5.18. The van der Waals surface area contributed by atoms with Gasteiger partial charge in [0.15, 0.2) is 0 Å². The first kappa shape index (κ1) is 14.1. The van der Waals surface area contributed by atoms with Crippen molar-refractivity contribution in [2.24, 2.45) is 11.8 Å². The van der Waals surface area contributed by atoms with Crippen LogP contribution in [0.2, 0.25) is 0 Å². The van der Waals surface area contributed by atoms with Crippen LogP contribution >= 0.6 is 0 Å². The molecule has 114 valence electrons. The fourth-order valence-corrected chi connectivity index (χ4v) is 2.91. The fourth-order valence-electron chi connectivity index (χ4n) is 2.91. The van der Waals surface area contributed by atoms with E-state index in [1.807, 2.05) is 18.7 Å². The molecule has 2 N–H and O–H groups in total. The number of piperidine rings is 1. The number of aromatic nitrogens is 2. The molecule has 0 atom stereocenters. The number of anilines is 1. The Bertz CT molecular complexity index is 535. The smallest absolute Gasteiger partial charge is 0.227 e. The summed E-state index contributed by atoms with van der Waals surface area (Å²) in [5, 5.41) is 9.92. The largest absolute Gasteiger partial charge is 0.342 e. The molecule has 0 unspecified atom stereocenters. The topological polar surface area (TPSA) is 78.1 Å². The molecule has 6 nitrogen and oxygen atoms in total. The van der Waals surface area contributed by atoms with Crippen molar-refractivity contribution in [3.63, 3.8) is 0 Å². The first-order valence-electron chi connectivity index (χ1n) is 7.67. The maximum atomic E-state index is 12.3. The summed E-state index contributed by atoms with van der Waals surface area (Å²) in [4.78, 5) is 26.3. The second-order valence-corrected chi connectivity index (χ2v) is 6.17. The van der Waals surface area contributed by atoms with Gasteiger partial charge in [0.25, 0.3) is 0 Å². The van der Waals surface area contributed by atoms with Crippen molar-refractivity contribution in [1.82, 2.24) is 15.1 Å². The molecule has 1 aromatic rings. The molecule has 0 bridgehead atoms. The molecule has 0 radical (unpaired) electrons. The van der Waals surface area contributed by atoms with Gasteiger partial charge in [-0.3, -0.25) is 14.7 Å². The van der Waals surface area contributed by atoms with Gasteiger partial charge in [-0.1, -0.05) is 0 Å². The fraction of sp³-hybridized carbons (Fsp3) is 0.667. The standard InChI is InChI=1S/C15H22N4O2/c1-9-13(10(2)18-17-9)16-14(20)11-5-7-19(8-6-11)15(21)12-3-4-12/h11-12H,3-8H2,1-2H3,(H,16,20)(H,17,18). The zero-order valence-electron chi connectivity index (χ0n) is 12.6. The maximum Gasteiger partial charge on any atom is 0.227 e. The number of aromatic amines is 1. The summed E-state index contributed by atoms with van der Waals surface area (Å²) in [5.41, 5.74) is 2.47. The zero-order valence-corrected chi connectivity index (χ0v) is 12.6. The molecule has 1 saturated carbocycles. The van der Waals surface area contributed by atoms with E-state index in [4.69, 9.17) is 0 Å². The lowest BCUT2D eigenvalue weighted by Gasteiger charge is -2.31. The molecule has 1 aliphatic heterocycles. The molecule has 0 aromatic carbocycles. The number of carbonyl (C=O) groups is 2. The highest BCUT2D eigenvalue weighted by Gasteiger charge is 2.36. The summed E-state index contributed by atoms with van der Waals surface area (Å²) in [7, 11) is 0. The molecule has 1 saturated heterocycles. The number of amides is 2. The molecule has 1 aromatic heterocycles. The van der Waals surface area contributed by atoms with Crippen LogP contribution in [0.3, 0.4) is 0 Å². The highest BCUT2D eigenvalue weighted by molar-refractivity contribution is 5.93. The minimum Gasteiger partial charge on any atom is -0.342 e. The Morgan fingerprint density at radius 2 is 1.81 bits per heavy atom. The number of hydrogen-bond donors (Lipinski definition) is 2. The molecule has 0 spiro atoms. The van der Waals surface area contributed by atoms with Gasteiger partial charge >= 0.3 is 0 Å². The van der Waals surface area contributed by atoms with Crippen LogP contribution in [0, 0.1) is 25.7 Å². The molecule has 21 heavy (non-hydrogen) atoms. The molecule has 2 amide bonds. The minimum atomic E-state index is -0.0121. The number of hydrogen-bond acceptors (Lipinski definition) is 3. The van der Waals surface area contributed by atoms with Gasteiger partial charge in [-0.2, -0.15) is 5.10 Å². The molecule has 2 heterocycles. The third kappa shape index (κ3) is 2.94. The number of aryl methyl sites for hydroxylation is 2. The van der Waals surface area contributed by atoms with Crippen LogP contribution in [-0.2, 0) is 9.59 Å². The Balaban J connectivity index is 1.54. The number of carbonyl (C=O) groups excluding carboxylic acids is 2. The number of likely N-dealkylation sites (tertiary alicyclic amines) is 1. The van der Waals surface area contributed by atoms with E-state index in [1.165, 1.54) is 0 Å². The van der Waals surface area contributed by atoms with E-state index in [1.54, 1.807) is 0 Å². The van der Waals surface area contributed by atoms with Gasteiger partial charge in [-0.05, 0) is 39.5 Å². The van der Waals surface area contributed by atoms with Crippen molar-refractivity contribution in [2.75, 3.05) is 18.4 Å². The van der Waals surface area contributed by atoms with Crippen molar-refractivity contribution in [2.45, 2.75) is 39.5 Å². The van der Waals surface area contributed by atoms with E-state index in [0.29, 0.717) is 13.1 Å². The second-order valence-electron chi connectivity index (χ2n) is 6.17. The van der Waals surface area contributed by atoms with Crippen LogP contribution in [0.25, 0.3) is 0 Å². The lowest BCUT2D eigenvalue weighted by atomic mass is 9.95. The average molecular weight is 290 g/mol. The van der Waals surface area contributed by atoms with Crippen molar-refractivity contribution in [3.05, 3.63) is 11.4 Å². The van der Waals surface area contributed by atoms with Crippen LogP contribution in [0.15, 0.2) is 0 Å². The van der Waals surface area contributed by atoms with Crippen LogP contribution in [0.4, 0.5) is 5.69 Å².